The van der Waals surface area contributed by atoms with Gasteiger partial charge < -0.3 is 14.5 Å². The lowest BCUT2D eigenvalue weighted by molar-refractivity contribution is -0.137. The molecule has 6 heteroatoms. The van der Waals surface area contributed by atoms with Crippen LogP contribution in [0.3, 0.4) is 0 Å². The maximum Gasteiger partial charge on any atom is 0.337 e. The Balaban J connectivity index is 1.76. The third kappa shape index (κ3) is 5.09. The number of piperidine rings is 1. The molecule has 0 bridgehead atoms. The van der Waals surface area contributed by atoms with Crippen molar-refractivity contribution in [2.45, 2.75) is 19.8 Å². The van der Waals surface area contributed by atoms with Crippen LogP contribution in [0.1, 0.15) is 35.7 Å². The first kappa shape index (κ1) is 17.0. The number of hydrogen-bond acceptors (Lipinski definition) is 5. The van der Waals surface area contributed by atoms with Crippen LogP contribution in [0.25, 0.3) is 0 Å². The van der Waals surface area contributed by atoms with Crippen molar-refractivity contribution < 1.29 is 19.2 Å². The summed E-state index contributed by atoms with van der Waals surface area (Å²) in [5, 5.41) is 3.80. The highest BCUT2D eigenvalue weighted by molar-refractivity contribution is 5.90. The molecule has 1 fully saturated rings. The van der Waals surface area contributed by atoms with Gasteiger partial charge in [-0.15, -0.1) is 0 Å². The number of likely N-dealkylation sites (tertiary alicyclic amines) is 1. The van der Waals surface area contributed by atoms with E-state index < -0.39 is 0 Å². The number of benzene rings is 1. The molecule has 0 N–H and O–H groups in total. The summed E-state index contributed by atoms with van der Waals surface area (Å²) < 4.78 is 4.63. The number of ether oxygens (including phenoxy) is 1. The van der Waals surface area contributed by atoms with Gasteiger partial charge >= 0.3 is 5.97 Å². The van der Waals surface area contributed by atoms with E-state index in [1.54, 1.807) is 24.3 Å². The topological polar surface area (TPSA) is 68.2 Å². The molecule has 0 radical (unpaired) electrons. The fraction of sp³-hybridized carbons (Fsp3) is 0.471. The van der Waals surface area contributed by atoms with Crippen LogP contribution in [0.15, 0.2) is 29.4 Å². The zero-order valence-corrected chi connectivity index (χ0v) is 13.5. The van der Waals surface area contributed by atoms with Crippen LogP contribution in [0.5, 0.6) is 0 Å². The van der Waals surface area contributed by atoms with Gasteiger partial charge in [-0.1, -0.05) is 24.2 Å². The van der Waals surface area contributed by atoms with Crippen LogP contribution < -0.4 is 0 Å². The molecule has 0 spiro atoms. The summed E-state index contributed by atoms with van der Waals surface area (Å²) in [6.07, 6.45) is 3.59. The van der Waals surface area contributed by atoms with E-state index in [9.17, 15) is 9.59 Å². The van der Waals surface area contributed by atoms with Crippen LogP contribution in [-0.2, 0) is 14.4 Å². The third-order valence-electron chi connectivity index (χ3n) is 3.93. The largest absolute Gasteiger partial charge is 0.465 e. The third-order valence-corrected chi connectivity index (χ3v) is 3.93. The number of amides is 1. The molecule has 0 aliphatic carbocycles. The fourth-order valence-electron chi connectivity index (χ4n) is 2.36. The van der Waals surface area contributed by atoms with Crippen molar-refractivity contribution in [1.29, 1.82) is 0 Å². The van der Waals surface area contributed by atoms with Gasteiger partial charge in [0.15, 0.2) is 6.61 Å². The molecule has 1 aromatic carbocycles. The minimum Gasteiger partial charge on any atom is -0.465 e. The van der Waals surface area contributed by atoms with E-state index in [0.29, 0.717) is 11.5 Å². The van der Waals surface area contributed by atoms with Gasteiger partial charge in [0.05, 0.1) is 18.9 Å². The lowest BCUT2D eigenvalue weighted by Gasteiger charge is -2.29. The van der Waals surface area contributed by atoms with Crippen LogP contribution >= 0.6 is 0 Å². The van der Waals surface area contributed by atoms with Gasteiger partial charge in [-0.3, -0.25) is 4.79 Å². The highest BCUT2D eigenvalue weighted by Gasteiger charge is 2.20. The summed E-state index contributed by atoms with van der Waals surface area (Å²) in [6, 6.07) is 6.75. The molecule has 1 aliphatic heterocycles. The summed E-state index contributed by atoms with van der Waals surface area (Å²) in [6.45, 7) is 3.74. The summed E-state index contributed by atoms with van der Waals surface area (Å²) in [5.41, 5.74) is 1.25. The molecular formula is C17H22N2O4. The van der Waals surface area contributed by atoms with Crippen LogP contribution in [-0.4, -0.2) is 49.8 Å². The minimum absolute atomic E-state index is 0.0323. The zero-order chi connectivity index (χ0) is 16.7. The van der Waals surface area contributed by atoms with Gasteiger partial charge in [-0.25, -0.2) is 4.79 Å². The highest BCUT2D eigenvalue weighted by atomic mass is 16.6. The molecular weight excluding hydrogens is 296 g/mol. The van der Waals surface area contributed by atoms with Crippen molar-refractivity contribution in [1.82, 2.24) is 4.90 Å². The van der Waals surface area contributed by atoms with Gasteiger partial charge in [-0.2, -0.15) is 0 Å². The van der Waals surface area contributed by atoms with E-state index in [0.717, 1.165) is 31.5 Å². The number of oxime groups is 1. The van der Waals surface area contributed by atoms with E-state index >= 15 is 0 Å². The highest BCUT2D eigenvalue weighted by Crippen LogP contribution is 2.15. The molecule has 124 valence electrons. The van der Waals surface area contributed by atoms with Crippen molar-refractivity contribution in [3.8, 4) is 0 Å². The summed E-state index contributed by atoms with van der Waals surface area (Å²) in [5.74, 6) is 0.271. The normalized spacial score (nSPS) is 15.7. The Kier molecular flexibility index (Phi) is 6.14. The van der Waals surface area contributed by atoms with Crippen LogP contribution in [0.2, 0.25) is 0 Å². The summed E-state index contributed by atoms with van der Waals surface area (Å²) >= 11 is 0. The molecule has 0 aromatic heterocycles. The maximum absolute atomic E-state index is 11.9. The molecule has 6 nitrogen and oxygen atoms in total. The van der Waals surface area contributed by atoms with E-state index in [1.165, 1.54) is 13.3 Å². The molecule has 0 atom stereocenters. The zero-order valence-electron chi connectivity index (χ0n) is 13.5. The van der Waals surface area contributed by atoms with Gasteiger partial charge in [0.25, 0.3) is 5.91 Å². The average molecular weight is 318 g/mol. The monoisotopic (exact) mass is 318 g/mol. The van der Waals surface area contributed by atoms with Crippen LogP contribution in [0, 0.1) is 5.92 Å². The maximum atomic E-state index is 11.9. The van der Waals surface area contributed by atoms with Crippen molar-refractivity contribution >= 4 is 18.1 Å². The molecule has 1 aromatic rings. The Hall–Kier alpha value is -2.37. The Morgan fingerprint density at radius 3 is 2.52 bits per heavy atom. The van der Waals surface area contributed by atoms with Gasteiger partial charge in [0, 0.05) is 13.1 Å². The number of esters is 1. The number of hydrogen-bond donors (Lipinski definition) is 0. The Labute approximate surface area is 136 Å². The first-order valence-corrected chi connectivity index (χ1v) is 7.71. The predicted molar refractivity (Wildman–Crippen MR) is 86.3 cm³/mol. The summed E-state index contributed by atoms with van der Waals surface area (Å²) in [4.78, 5) is 30.1. The molecule has 1 amide bonds. The number of carbonyl (C=O) groups excluding carboxylic acids is 2. The number of nitrogens with zero attached hydrogens (tertiary/aromatic N) is 2. The standard InChI is InChI=1S/C17H22N2O4/c1-13-7-9-19(10-8-13)16(20)12-23-18-11-14-3-5-15(6-4-14)17(21)22-2/h3-6,11,13H,7-10,12H2,1-2H3/b18-11+. The average Bonchev–Trinajstić information content (AvgIpc) is 2.59. The smallest absolute Gasteiger partial charge is 0.337 e. The lowest BCUT2D eigenvalue weighted by Crippen LogP contribution is -2.39. The summed E-state index contributed by atoms with van der Waals surface area (Å²) in [7, 11) is 1.34. The van der Waals surface area contributed by atoms with Crippen molar-refractivity contribution in [2.75, 3.05) is 26.8 Å². The fourth-order valence-corrected chi connectivity index (χ4v) is 2.36. The Bertz CT molecular complexity index is 560. The second-order valence-corrected chi connectivity index (χ2v) is 5.68. The van der Waals surface area contributed by atoms with E-state index in [4.69, 9.17) is 4.84 Å². The van der Waals surface area contributed by atoms with Gasteiger partial charge in [0.1, 0.15) is 0 Å². The molecule has 1 aliphatic rings. The Morgan fingerprint density at radius 1 is 1.26 bits per heavy atom. The quantitative estimate of drug-likeness (QED) is 0.473. The van der Waals surface area contributed by atoms with Crippen molar-refractivity contribution in [2.24, 2.45) is 11.1 Å². The molecule has 0 unspecified atom stereocenters. The van der Waals surface area contributed by atoms with E-state index in [-0.39, 0.29) is 18.5 Å². The molecule has 0 saturated carbocycles. The minimum atomic E-state index is -0.383. The molecule has 1 saturated heterocycles. The number of carbonyl (C=O) groups is 2. The van der Waals surface area contributed by atoms with Gasteiger partial charge in [-0.05, 0) is 36.5 Å². The first-order chi connectivity index (χ1) is 11.1. The van der Waals surface area contributed by atoms with Crippen molar-refractivity contribution in [3.05, 3.63) is 35.4 Å². The second kappa shape index (κ2) is 8.31. The lowest BCUT2D eigenvalue weighted by atomic mass is 9.99. The Morgan fingerprint density at radius 2 is 1.91 bits per heavy atom. The number of methoxy groups -OCH3 is 1. The molecule has 23 heavy (non-hydrogen) atoms. The second-order valence-electron chi connectivity index (χ2n) is 5.68. The van der Waals surface area contributed by atoms with E-state index in [2.05, 4.69) is 16.8 Å². The SMILES string of the molecule is COC(=O)c1ccc(/C=N/OCC(=O)N2CCC(C)CC2)cc1. The molecule has 1 heterocycles. The predicted octanol–water partition coefficient (Wildman–Crippen LogP) is 2.08. The molecule has 2 rings (SSSR count). The van der Waals surface area contributed by atoms with Gasteiger partial charge in [0.2, 0.25) is 0 Å². The first-order valence-electron chi connectivity index (χ1n) is 7.71. The van der Waals surface area contributed by atoms with Crippen LogP contribution in [0.4, 0.5) is 0 Å². The van der Waals surface area contributed by atoms with E-state index in [1.807, 2.05) is 4.90 Å². The number of rotatable bonds is 5. The van der Waals surface area contributed by atoms with Crippen molar-refractivity contribution in [3.63, 3.8) is 0 Å².